The highest BCUT2D eigenvalue weighted by atomic mass is 19.3. The Morgan fingerprint density at radius 3 is 2.66 bits per heavy atom. The summed E-state index contributed by atoms with van der Waals surface area (Å²) >= 11 is 0. The largest absolute Gasteiger partial charge is 0.348 e. The molecule has 1 atom stereocenters. The van der Waals surface area contributed by atoms with E-state index in [1.807, 2.05) is 0 Å². The Hall–Kier alpha value is -3.16. The maximum atomic E-state index is 14.3. The number of aryl methyl sites for hydroxylation is 1. The van der Waals surface area contributed by atoms with E-state index in [4.69, 9.17) is 5.41 Å². The van der Waals surface area contributed by atoms with Crippen LogP contribution in [0.5, 0.6) is 0 Å². The summed E-state index contributed by atoms with van der Waals surface area (Å²) in [6.45, 7) is 6.29. The van der Waals surface area contributed by atoms with Gasteiger partial charge in [0.05, 0.1) is 22.8 Å². The van der Waals surface area contributed by atoms with Gasteiger partial charge in [0.1, 0.15) is 11.9 Å². The Morgan fingerprint density at radius 1 is 1.38 bits per heavy atom. The van der Waals surface area contributed by atoms with Gasteiger partial charge in [-0.2, -0.15) is 8.78 Å². The zero-order valence-corrected chi connectivity index (χ0v) is 16.6. The summed E-state index contributed by atoms with van der Waals surface area (Å²) in [5.41, 5.74) is 0.724. The predicted octanol–water partition coefficient (Wildman–Crippen LogP) is 4.82. The van der Waals surface area contributed by atoms with E-state index >= 15 is 0 Å². The van der Waals surface area contributed by atoms with Crippen LogP contribution in [0.15, 0.2) is 59.9 Å². The van der Waals surface area contributed by atoms with E-state index in [2.05, 4.69) is 21.9 Å². The molecule has 0 aliphatic carbocycles. The van der Waals surface area contributed by atoms with Gasteiger partial charge in [0.2, 0.25) is 0 Å². The molecule has 0 bridgehead atoms. The van der Waals surface area contributed by atoms with Crippen LogP contribution in [0.25, 0.3) is 5.70 Å². The van der Waals surface area contributed by atoms with Crippen LogP contribution >= 0.6 is 0 Å². The normalized spacial score (nSPS) is 13.9. The van der Waals surface area contributed by atoms with Crippen LogP contribution < -0.4 is 5.32 Å². The topological polar surface area (TPSA) is 66.1 Å². The molecule has 2 aromatic heterocycles. The molecule has 29 heavy (non-hydrogen) atoms. The zero-order valence-electron chi connectivity index (χ0n) is 16.6. The van der Waals surface area contributed by atoms with Crippen molar-refractivity contribution in [2.45, 2.75) is 32.4 Å². The molecule has 0 aromatic carbocycles. The number of aromatic nitrogens is 2. The summed E-state index contributed by atoms with van der Waals surface area (Å²) in [6.07, 6.45) is 2.97. The van der Waals surface area contributed by atoms with Crippen LogP contribution in [0, 0.1) is 5.41 Å². The summed E-state index contributed by atoms with van der Waals surface area (Å²) in [5, 5.41) is 10.2. The molecule has 0 fully saturated rings. The highest BCUT2D eigenvalue weighted by Gasteiger charge is 2.26. The van der Waals surface area contributed by atoms with Crippen LogP contribution in [0.1, 0.15) is 37.4 Å². The zero-order chi connectivity index (χ0) is 21.6. The molecule has 0 saturated heterocycles. The fourth-order valence-corrected chi connectivity index (χ4v) is 2.56. The second-order valence-corrected chi connectivity index (χ2v) is 6.50. The van der Waals surface area contributed by atoms with E-state index in [1.165, 1.54) is 24.3 Å². The van der Waals surface area contributed by atoms with Gasteiger partial charge < -0.3 is 15.3 Å². The first kappa shape index (κ1) is 22.1. The summed E-state index contributed by atoms with van der Waals surface area (Å²) in [6, 6.07) is 7.78. The molecule has 0 amide bonds. The third-order valence-electron chi connectivity index (χ3n) is 4.15. The molecule has 2 aromatic rings. The number of alkyl halides is 3. The van der Waals surface area contributed by atoms with E-state index in [1.54, 1.807) is 36.9 Å². The van der Waals surface area contributed by atoms with Gasteiger partial charge in [-0.1, -0.05) is 19.6 Å². The lowest BCUT2D eigenvalue weighted by Gasteiger charge is -2.17. The highest BCUT2D eigenvalue weighted by Crippen LogP contribution is 2.26. The van der Waals surface area contributed by atoms with E-state index in [-0.39, 0.29) is 35.0 Å². The lowest BCUT2D eigenvalue weighted by molar-refractivity contribution is 0.0127. The Balaban J connectivity index is 2.48. The SMILES string of the molecule is C=C(/N=C(/N/C(=C/C=N)C(F)CC)c1cccn1C)c1cccc(C(C)(F)F)n1. The molecule has 0 spiro atoms. The molecule has 154 valence electrons. The monoisotopic (exact) mass is 403 g/mol. The number of nitrogens with one attached hydrogen (secondary N) is 2. The molecule has 0 radical (unpaired) electrons. The molecule has 0 saturated carbocycles. The van der Waals surface area contributed by atoms with Gasteiger partial charge in [0, 0.05) is 26.4 Å². The number of hydrogen-bond donors (Lipinski definition) is 2. The summed E-state index contributed by atoms with van der Waals surface area (Å²) in [5.74, 6) is -2.83. The smallest absolute Gasteiger partial charge is 0.286 e. The lowest BCUT2D eigenvalue weighted by Crippen LogP contribution is -2.30. The van der Waals surface area contributed by atoms with Crippen molar-refractivity contribution in [2.75, 3.05) is 0 Å². The molecule has 2 N–H and O–H groups in total. The molecular formula is C21H24F3N5. The molecule has 0 aliphatic rings. The van der Waals surface area contributed by atoms with Crippen molar-refractivity contribution in [1.29, 1.82) is 5.41 Å². The van der Waals surface area contributed by atoms with Crippen LogP contribution in [0.3, 0.4) is 0 Å². The molecule has 5 nitrogen and oxygen atoms in total. The summed E-state index contributed by atoms with van der Waals surface area (Å²) in [4.78, 5) is 8.36. The maximum absolute atomic E-state index is 14.3. The molecule has 1 unspecified atom stereocenters. The predicted molar refractivity (Wildman–Crippen MR) is 110 cm³/mol. The average molecular weight is 403 g/mol. The molecule has 2 heterocycles. The fourth-order valence-electron chi connectivity index (χ4n) is 2.56. The quantitative estimate of drug-likeness (QED) is 0.490. The number of hydrogen-bond acceptors (Lipinski definition) is 3. The molecule has 8 heteroatoms. The van der Waals surface area contributed by atoms with Crippen LogP contribution in [0.4, 0.5) is 13.2 Å². The van der Waals surface area contributed by atoms with Gasteiger partial charge >= 0.3 is 0 Å². The van der Waals surface area contributed by atoms with E-state index < -0.39 is 12.1 Å². The van der Waals surface area contributed by atoms with Crippen LogP contribution in [-0.4, -0.2) is 27.8 Å². The van der Waals surface area contributed by atoms with Crippen molar-refractivity contribution in [3.8, 4) is 0 Å². The first-order chi connectivity index (χ1) is 13.7. The summed E-state index contributed by atoms with van der Waals surface area (Å²) < 4.78 is 43.3. The van der Waals surface area contributed by atoms with E-state index in [0.29, 0.717) is 5.69 Å². The van der Waals surface area contributed by atoms with Gasteiger partial charge in [0.15, 0.2) is 5.84 Å². The van der Waals surface area contributed by atoms with Crippen LogP contribution in [0.2, 0.25) is 0 Å². The van der Waals surface area contributed by atoms with Crippen molar-refractivity contribution >= 4 is 17.7 Å². The summed E-state index contributed by atoms with van der Waals surface area (Å²) in [7, 11) is 1.79. The standard InChI is InChI=1S/C21H24F3N5/c1-5-15(22)17(11-12-25)28-20(18-9-7-13-29(18)4)26-14(2)16-8-6-10-19(27-16)21(3,23)24/h6-13,15,25H,2,5H2,1,3-4H3,(H,26,28)/b17-11+,25-12?. The number of rotatable bonds is 8. The number of nitrogens with zero attached hydrogens (tertiary/aromatic N) is 3. The van der Waals surface area contributed by atoms with E-state index in [0.717, 1.165) is 13.1 Å². The Labute approximate surface area is 168 Å². The second kappa shape index (κ2) is 9.36. The van der Waals surface area contributed by atoms with E-state index in [9.17, 15) is 13.2 Å². The van der Waals surface area contributed by atoms with Crippen molar-refractivity contribution < 1.29 is 13.2 Å². The maximum Gasteiger partial charge on any atom is 0.286 e. The van der Waals surface area contributed by atoms with Crippen molar-refractivity contribution in [3.05, 3.63) is 72.0 Å². The Bertz CT molecular complexity index is 938. The second-order valence-electron chi connectivity index (χ2n) is 6.50. The minimum atomic E-state index is -3.10. The minimum absolute atomic E-state index is 0.140. The number of aliphatic imine (C=N–C) groups is 1. The number of allylic oxidation sites excluding steroid dienone is 2. The van der Waals surface area contributed by atoms with Gasteiger partial charge in [0.25, 0.3) is 5.92 Å². The first-order valence-corrected chi connectivity index (χ1v) is 9.04. The lowest BCUT2D eigenvalue weighted by atomic mass is 10.2. The van der Waals surface area contributed by atoms with Crippen molar-refractivity contribution in [2.24, 2.45) is 12.0 Å². The first-order valence-electron chi connectivity index (χ1n) is 9.04. The number of pyridine rings is 1. The molecular weight excluding hydrogens is 379 g/mol. The van der Waals surface area contributed by atoms with Gasteiger partial charge in [-0.05, 0) is 36.8 Å². The van der Waals surface area contributed by atoms with Crippen molar-refractivity contribution in [3.63, 3.8) is 0 Å². The number of amidine groups is 1. The molecule has 2 rings (SSSR count). The Kier molecular flexibility index (Phi) is 7.14. The third kappa shape index (κ3) is 5.66. The fraction of sp³-hybridized carbons (Fsp3) is 0.286. The van der Waals surface area contributed by atoms with Gasteiger partial charge in [-0.25, -0.2) is 14.4 Å². The number of halogens is 3. The van der Waals surface area contributed by atoms with Gasteiger partial charge in [-0.3, -0.25) is 0 Å². The molecule has 0 aliphatic heterocycles. The third-order valence-corrected chi connectivity index (χ3v) is 4.15. The Morgan fingerprint density at radius 2 is 2.10 bits per heavy atom. The average Bonchev–Trinajstić information content (AvgIpc) is 3.11. The minimum Gasteiger partial charge on any atom is -0.348 e. The van der Waals surface area contributed by atoms with Crippen molar-refractivity contribution in [1.82, 2.24) is 14.9 Å². The highest BCUT2D eigenvalue weighted by molar-refractivity contribution is 6.01. The van der Waals surface area contributed by atoms with Gasteiger partial charge in [-0.15, -0.1) is 0 Å². The van der Waals surface area contributed by atoms with Crippen LogP contribution in [-0.2, 0) is 13.0 Å².